The predicted molar refractivity (Wildman–Crippen MR) is 47.1 cm³/mol. The molecule has 0 saturated heterocycles. The zero-order valence-electron chi connectivity index (χ0n) is 8.30. The molecule has 0 radical (unpaired) electrons. The van der Waals surface area contributed by atoms with Crippen molar-refractivity contribution in [3.63, 3.8) is 0 Å². The molecule has 0 aromatic rings. The Morgan fingerprint density at radius 2 is 2.00 bits per heavy atom. The number of rotatable bonds is 2. The zero-order valence-corrected chi connectivity index (χ0v) is 8.30. The van der Waals surface area contributed by atoms with Gasteiger partial charge in [0.1, 0.15) is 5.78 Å². The quantitative estimate of drug-likeness (QED) is 0.645. The van der Waals surface area contributed by atoms with Crippen LogP contribution >= 0.6 is 0 Å². The molecule has 1 aliphatic carbocycles. The fourth-order valence-corrected chi connectivity index (χ4v) is 2.22. The van der Waals surface area contributed by atoms with Crippen molar-refractivity contribution in [3.05, 3.63) is 0 Å². The maximum absolute atomic E-state index is 12.2. The second-order valence-corrected chi connectivity index (χ2v) is 4.17. The highest BCUT2D eigenvalue weighted by molar-refractivity contribution is 6.04. The Kier molecular flexibility index (Phi) is 3.34. The first-order chi connectivity index (χ1) is 6.43. The summed E-state index contributed by atoms with van der Waals surface area (Å²) in [5.41, 5.74) is 0. The molecule has 0 bridgehead atoms. The molecular formula is C10H14F2O2. The lowest BCUT2D eigenvalue weighted by atomic mass is 9.73. The third-order valence-corrected chi connectivity index (χ3v) is 2.76. The molecule has 14 heavy (non-hydrogen) atoms. The standard InChI is InChI=1S/C10H14F2O2/c1-5-3-6(2)8(7(13)4-5)9(14)10(11)12/h5-6,8,10H,3-4H2,1-2H3. The Labute approximate surface area is 81.7 Å². The van der Waals surface area contributed by atoms with Gasteiger partial charge in [0.25, 0.3) is 6.43 Å². The van der Waals surface area contributed by atoms with E-state index in [0.717, 1.165) is 0 Å². The van der Waals surface area contributed by atoms with Crippen molar-refractivity contribution in [2.24, 2.45) is 17.8 Å². The summed E-state index contributed by atoms with van der Waals surface area (Å²) in [6.07, 6.45) is -2.08. The molecule has 3 unspecified atom stereocenters. The minimum Gasteiger partial charge on any atom is -0.299 e. The van der Waals surface area contributed by atoms with E-state index < -0.39 is 18.1 Å². The van der Waals surface area contributed by atoms with Gasteiger partial charge in [-0.3, -0.25) is 9.59 Å². The number of carbonyl (C=O) groups excluding carboxylic acids is 2. The van der Waals surface area contributed by atoms with Crippen LogP contribution in [0.4, 0.5) is 8.78 Å². The van der Waals surface area contributed by atoms with E-state index in [1.807, 2.05) is 6.92 Å². The van der Waals surface area contributed by atoms with Crippen LogP contribution in [0.25, 0.3) is 0 Å². The molecule has 1 aliphatic rings. The topological polar surface area (TPSA) is 34.1 Å². The molecular weight excluding hydrogens is 190 g/mol. The van der Waals surface area contributed by atoms with Crippen molar-refractivity contribution in [2.45, 2.75) is 33.1 Å². The molecule has 0 spiro atoms. The van der Waals surface area contributed by atoms with Gasteiger partial charge < -0.3 is 0 Å². The van der Waals surface area contributed by atoms with Gasteiger partial charge in [-0.1, -0.05) is 13.8 Å². The lowest BCUT2D eigenvalue weighted by Crippen LogP contribution is -2.39. The van der Waals surface area contributed by atoms with E-state index in [9.17, 15) is 18.4 Å². The summed E-state index contributed by atoms with van der Waals surface area (Å²) in [6, 6.07) is 0. The number of Topliss-reactive ketones (excluding diaryl/α,β-unsaturated/α-hetero) is 2. The van der Waals surface area contributed by atoms with E-state index in [1.54, 1.807) is 6.92 Å². The molecule has 1 fully saturated rings. The summed E-state index contributed by atoms with van der Waals surface area (Å²) in [7, 11) is 0. The molecule has 0 N–H and O–H groups in total. The van der Waals surface area contributed by atoms with Crippen molar-refractivity contribution >= 4 is 11.6 Å². The van der Waals surface area contributed by atoms with Crippen LogP contribution in [0.2, 0.25) is 0 Å². The fraction of sp³-hybridized carbons (Fsp3) is 0.800. The van der Waals surface area contributed by atoms with Crippen molar-refractivity contribution in [2.75, 3.05) is 0 Å². The van der Waals surface area contributed by atoms with Gasteiger partial charge in [0.15, 0.2) is 0 Å². The van der Waals surface area contributed by atoms with Crippen LogP contribution in [-0.2, 0) is 9.59 Å². The first-order valence-electron chi connectivity index (χ1n) is 4.78. The van der Waals surface area contributed by atoms with Crippen molar-refractivity contribution in [3.8, 4) is 0 Å². The van der Waals surface area contributed by atoms with Crippen LogP contribution in [0.15, 0.2) is 0 Å². The average Bonchev–Trinajstić information content (AvgIpc) is 2.01. The molecule has 0 aromatic carbocycles. The maximum atomic E-state index is 12.2. The Bertz CT molecular complexity index is 251. The highest BCUT2D eigenvalue weighted by atomic mass is 19.3. The SMILES string of the molecule is CC1CC(=O)C(C(=O)C(F)F)C(C)C1. The summed E-state index contributed by atoms with van der Waals surface area (Å²) >= 11 is 0. The molecule has 0 aliphatic heterocycles. The summed E-state index contributed by atoms with van der Waals surface area (Å²) < 4.78 is 24.3. The van der Waals surface area contributed by atoms with Gasteiger partial charge in [0.2, 0.25) is 5.78 Å². The zero-order chi connectivity index (χ0) is 10.9. The average molecular weight is 204 g/mol. The third kappa shape index (κ3) is 2.16. The summed E-state index contributed by atoms with van der Waals surface area (Å²) in [4.78, 5) is 22.5. The van der Waals surface area contributed by atoms with Gasteiger partial charge >= 0.3 is 0 Å². The maximum Gasteiger partial charge on any atom is 0.296 e. The third-order valence-electron chi connectivity index (χ3n) is 2.76. The highest BCUT2D eigenvalue weighted by Crippen LogP contribution is 2.32. The minimum atomic E-state index is -3.01. The van der Waals surface area contributed by atoms with Crippen LogP contribution < -0.4 is 0 Å². The Balaban J connectivity index is 2.77. The van der Waals surface area contributed by atoms with E-state index in [1.165, 1.54) is 0 Å². The largest absolute Gasteiger partial charge is 0.299 e. The monoisotopic (exact) mass is 204 g/mol. The molecule has 4 heteroatoms. The first kappa shape index (κ1) is 11.3. The Morgan fingerprint density at radius 1 is 1.43 bits per heavy atom. The lowest BCUT2D eigenvalue weighted by Gasteiger charge is -2.29. The predicted octanol–water partition coefficient (Wildman–Crippen LogP) is 2.07. The first-order valence-corrected chi connectivity index (χ1v) is 4.78. The lowest BCUT2D eigenvalue weighted by molar-refractivity contribution is -0.144. The van der Waals surface area contributed by atoms with Gasteiger partial charge in [0, 0.05) is 6.42 Å². The molecule has 1 saturated carbocycles. The molecule has 0 amide bonds. The van der Waals surface area contributed by atoms with E-state index in [-0.39, 0.29) is 24.0 Å². The van der Waals surface area contributed by atoms with Gasteiger partial charge in [-0.05, 0) is 18.3 Å². The summed E-state index contributed by atoms with van der Waals surface area (Å²) in [6.45, 7) is 3.59. The number of halogens is 2. The van der Waals surface area contributed by atoms with E-state index >= 15 is 0 Å². The van der Waals surface area contributed by atoms with Gasteiger partial charge in [0.05, 0.1) is 5.92 Å². The van der Waals surface area contributed by atoms with Gasteiger partial charge in [-0.25, -0.2) is 8.78 Å². The van der Waals surface area contributed by atoms with Crippen LogP contribution in [0, 0.1) is 17.8 Å². The smallest absolute Gasteiger partial charge is 0.296 e. The number of carbonyl (C=O) groups is 2. The molecule has 80 valence electrons. The fourth-order valence-electron chi connectivity index (χ4n) is 2.22. The molecule has 1 rings (SSSR count). The normalized spacial score (nSPS) is 33.5. The Morgan fingerprint density at radius 3 is 2.43 bits per heavy atom. The highest BCUT2D eigenvalue weighted by Gasteiger charge is 2.40. The van der Waals surface area contributed by atoms with Crippen LogP contribution in [-0.4, -0.2) is 18.0 Å². The van der Waals surface area contributed by atoms with Gasteiger partial charge in [-0.2, -0.15) is 0 Å². The molecule has 0 aromatic heterocycles. The van der Waals surface area contributed by atoms with Crippen LogP contribution in [0.1, 0.15) is 26.7 Å². The number of alkyl halides is 2. The Hall–Kier alpha value is -0.800. The second-order valence-electron chi connectivity index (χ2n) is 4.17. The minimum absolute atomic E-state index is 0.208. The number of ketones is 2. The second kappa shape index (κ2) is 4.15. The van der Waals surface area contributed by atoms with Crippen LogP contribution in [0.3, 0.4) is 0 Å². The molecule has 3 atom stereocenters. The van der Waals surface area contributed by atoms with Crippen molar-refractivity contribution < 1.29 is 18.4 Å². The van der Waals surface area contributed by atoms with E-state index in [0.29, 0.717) is 6.42 Å². The summed E-state index contributed by atoms with van der Waals surface area (Å²) in [5, 5.41) is 0. The van der Waals surface area contributed by atoms with Gasteiger partial charge in [-0.15, -0.1) is 0 Å². The van der Waals surface area contributed by atoms with Crippen LogP contribution in [0.5, 0.6) is 0 Å². The number of hydrogen-bond donors (Lipinski definition) is 0. The van der Waals surface area contributed by atoms with Crippen molar-refractivity contribution in [1.29, 1.82) is 0 Å². The molecule has 0 heterocycles. The number of hydrogen-bond acceptors (Lipinski definition) is 2. The van der Waals surface area contributed by atoms with Crippen molar-refractivity contribution in [1.82, 2.24) is 0 Å². The summed E-state index contributed by atoms with van der Waals surface area (Å²) in [5.74, 6) is -2.62. The van der Waals surface area contributed by atoms with E-state index in [2.05, 4.69) is 0 Å². The van der Waals surface area contributed by atoms with E-state index in [4.69, 9.17) is 0 Å². The molecule has 2 nitrogen and oxygen atoms in total.